The first-order valence-corrected chi connectivity index (χ1v) is 8.48. The van der Waals surface area contributed by atoms with E-state index >= 15 is 0 Å². The minimum absolute atomic E-state index is 0.113. The van der Waals surface area contributed by atoms with Gasteiger partial charge >= 0.3 is 0 Å². The van der Waals surface area contributed by atoms with Crippen LogP contribution in [0.4, 0.5) is 4.39 Å². The summed E-state index contributed by atoms with van der Waals surface area (Å²) in [4.78, 5) is 31.1. The number of rotatable bonds is 6. The number of hydrogen-bond acceptors (Lipinski definition) is 4. The number of carbonyl (C=O) groups excluding carboxylic acids is 1. The normalized spacial score (nSPS) is 11.6. The first-order chi connectivity index (χ1) is 12.4. The topological polar surface area (TPSA) is 82.5 Å². The third kappa shape index (κ3) is 3.45. The number of halogens is 1. The van der Waals surface area contributed by atoms with Crippen molar-refractivity contribution >= 4 is 22.5 Å². The molecule has 2 heterocycles. The second kappa shape index (κ2) is 7.25. The molecule has 0 aliphatic carbocycles. The van der Waals surface area contributed by atoms with Crippen LogP contribution in [0.15, 0.2) is 23.0 Å². The zero-order chi connectivity index (χ0) is 18.8. The summed E-state index contributed by atoms with van der Waals surface area (Å²) in [6, 6.07) is 4.60. The summed E-state index contributed by atoms with van der Waals surface area (Å²) in [6.07, 6.45) is 0.484. The highest BCUT2D eigenvalue weighted by Crippen LogP contribution is 2.21. The van der Waals surface area contributed by atoms with Gasteiger partial charge in [-0.3, -0.25) is 14.7 Å². The Kier molecular flexibility index (Phi) is 5.03. The molecule has 7 nitrogen and oxygen atoms in total. The fraction of sp³-hybridized carbons (Fsp3) is 0.389. The summed E-state index contributed by atoms with van der Waals surface area (Å²) in [5.41, 5.74) is 1.44. The van der Waals surface area contributed by atoms with Crippen LogP contribution in [0.25, 0.3) is 16.6 Å². The van der Waals surface area contributed by atoms with Gasteiger partial charge in [0.15, 0.2) is 5.65 Å². The monoisotopic (exact) mass is 359 g/mol. The Balaban J connectivity index is 1.86. The van der Waals surface area contributed by atoms with Crippen molar-refractivity contribution in [3.63, 3.8) is 0 Å². The Morgan fingerprint density at radius 2 is 2.15 bits per heavy atom. The molecule has 8 heteroatoms. The molecule has 0 saturated heterocycles. The van der Waals surface area contributed by atoms with Crippen molar-refractivity contribution in [2.24, 2.45) is 0 Å². The third-order valence-electron chi connectivity index (χ3n) is 4.34. The molecule has 3 aromatic rings. The van der Waals surface area contributed by atoms with Crippen LogP contribution in [0.5, 0.6) is 0 Å². The lowest BCUT2D eigenvalue weighted by molar-refractivity contribution is -0.121. The average Bonchev–Trinajstić information content (AvgIpc) is 2.94. The van der Waals surface area contributed by atoms with Crippen LogP contribution in [-0.2, 0) is 11.2 Å². The number of amides is 1. The van der Waals surface area contributed by atoms with E-state index in [0.29, 0.717) is 28.7 Å². The van der Waals surface area contributed by atoms with Crippen LogP contribution in [0, 0.1) is 12.7 Å². The van der Waals surface area contributed by atoms with Gasteiger partial charge in [0.1, 0.15) is 5.82 Å². The van der Waals surface area contributed by atoms with E-state index in [2.05, 4.69) is 15.4 Å². The van der Waals surface area contributed by atoms with E-state index in [0.717, 1.165) is 6.54 Å². The number of aromatic nitrogens is 3. The minimum Gasteiger partial charge on any atom is -0.355 e. The molecule has 0 unspecified atom stereocenters. The first kappa shape index (κ1) is 18.1. The number of aromatic amines is 1. The lowest BCUT2D eigenvalue weighted by Gasteiger charge is -2.10. The molecule has 1 amide bonds. The predicted molar refractivity (Wildman–Crippen MR) is 97.9 cm³/mol. The molecule has 1 aromatic carbocycles. The molecule has 26 heavy (non-hydrogen) atoms. The van der Waals surface area contributed by atoms with Crippen molar-refractivity contribution in [2.45, 2.75) is 19.8 Å². The molecule has 2 N–H and O–H groups in total. The van der Waals surface area contributed by atoms with Crippen molar-refractivity contribution in [1.29, 1.82) is 0 Å². The average molecular weight is 359 g/mol. The Bertz CT molecular complexity index is 1020. The van der Waals surface area contributed by atoms with Gasteiger partial charge in [0.05, 0.1) is 10.9 Å². The lowest BCUT2D eigenvalue weighted by atomic mass is 10.1. The molecule has 3 rings (SSSR count). The van der Waals surface area contributed by atoms with Gasteiger partial charge in [-0.1, -0.05) is 6.07 Å². The molecular formula is C18H22FN5O2. The lowest BCUT2D eigenvalue weighted by Crippen LogP contribution is -2.32. The molecule has 0 fully saturated rings. The number of benzene rings is 1. The summed E-state index contributed by atoms with van der Waals surface area (Å²) >= 11 is 0. The number of hydrogen-bond donors (Lipinski definition) is 2. The van der Waals surface area contributed by atoms with Crippen LogP contribution in [0.2, 0.25) is 0 Å². The Hall–Kier alpha value is -2.74. The van der Waals surface area contributed by atoms with Crippen molar-refractivity contribution < 1.29 is 9.18 Å². The van der Waals surface area contributed by atoms with Crippen molar-refractivity contribution in [3.8, 4) is 0 Å². The third-order valence-corrected chi connectivity index (χ3v) is 4.34. The van der Waals surface area contributed by atoms with Gasteiger partial charge in [-0.2, -0.15) is 0 Å². The number of H-pyrrole nitrogens is 1. The van der Waals surface area contributed by atoms with Crippen molar-refractivity contribution in [1.82, 2.24) is 24.8 Å². The maximum atomic E-state index is 14.1. The molecule has 138 valence electrons. The number of carbonyl (C=O) groups is 1. The molecule has 0 aliphatic rings. The molecule has 0 radical (unpaired) electrons. The maximum absolute atomic E-state index is 14.1. The van der Waals surface area contributed by atoms with Crippen LogP contribution in [0.1, 0.15) is 17.7 Å². The molecule has 0 atom stereocenters. The van der Waals surface area contributed by atoms with Crippen LogP contribution >= 0.6 is 0 Å². The largest absolute Gasteiger partial charge is 0.355 e. The fourth-order valence-corrected chi connectivity index (χ4v) is 2.93. The van der Waals surface area contributed by atoms with Crippen molar-refractivity contribution in [3.05, 3.63) is 45.6 Å². The highest BCUT2D eigenvalue weighted by Gasteiger charge is 2.16. The predicted octanol–water partition coefficient (Wildman–Crippen LogP) is 1.23. The van der Waals surface area contributed by atoms with Crippen LogP contribution in [-0.4, -0.2) is 52.6 Å². The zero-order valence-electron chi connectivity index (χ0n) is 15.1. The van der Waals surface area contributed by atoms with Gasteiger partial charge in [-0.05, 0) is 39.6 Å². The summed E-state index contributed by atoms with van der Waals surface area (Å²) in [6.45, 7) is 3.02. The van der Waals surface area contributed by atoms with Gasteiger partial charge in [-0.25, -0.2) is 13.9 Å². The minimum atomic E-state index is -0.430. The highest BCUT2D eigenvalue weighted by molar-refractivity contribution is 5.92. The molecule has 0 spiro atoms. The Labute approximate surface area is 149 Å². The molecule has 0 saturated carbocycles. The van der Waals surface area contributed by atoms with Gasteiger partial charge in [-0.15, -0.1) is 0 Å². The molecular weight excluding hydrogens is 337 g/mol. The van der Waals surface area contributed by atoms with E-state index in [9.17, 15) is 14.0 Å². The van der Waals surface area contributed by atoms with E-state index in [1.165, 1.54) is 10.6 Å². The van der Waals surface area contributed by atoms with E-state index in [1.807, 2.05) is 19.0 Å². The summed E-state index contributed by atoms with van der Waals surface area (Å²) < 4.78 is 15.4. The van der Waals surface area contributed by atoms with E-state index < -0.39 is 5.82 Å². The first-order valence-electron chi connectivity index (χ1n) is 8.48. The van der Waals surface area contributed by atoms with Crippen LogP contribution in [0.3, 0.4) is 0 Å². The maximum Gasteiger partial charge on any atom is 0.276 e. The molecule has 2 aromatic heterocycles. The van der Waals surface area contributed by atoms with Crippen molar-refractivity contribution in [2.75, 3.05) is 27.2 Å². The van der Waals surface area contributed by atoms with Crippen LogP contribution < -0.4 is 10.9 Å². The number of nitrogens with zero attached hydrogens (tertiary/aromatic N) is 3. The summed E-state index contributed by atoms with van der Waals surface area (Å²) in [5.74, 6) is -0.543. The van der Waals surface area contributed by atoms with E-state index in [4.69, 9.17) is 0 Å². The second-order valence-electron chi connectivity index (χ2n) is 6.57. The summed E-state index contributed by atoms with van der Waals surface area (Å²) in [7, 11) is 3.86. The number of nitrogens with one attached hydrogen (secondary N) is 2. The Morgan fingerprint density at radius 3 is 2.88 bits per heavy atom. The highest BCUT2D eigenvalue weighted by atomic mass is 19.1. The summed E-state index contributed by atoms with van der Waals surface area (Å²) in [5, 5.41) is 6.00. The quantitative estimate of drug-likeness (QED) is 0.694. The van der Waals surface area contributed by atoms with Gasteiger partial charge in [0.2, 0.25) is 5.91 Å². The SMILES string of the molecule is Cc1nc2c3c(F)cccc3[nH]n2c(=O)c1CCC(=O)NCCN(C)C. The van der Waals surface area contributed by atoms with E-state index in [-0.39, 0.29) is 30.0 Å². The Morgan fingerprint density at radius 1 is 1.38 bits per heavy atom. The molecule has 0 bridgehead atoms. The van der Waals surface area contributed by atoms with Gasteiger partial charge in [0.25, 0.3) is 5.56 Å². The number of aryl methyl sites for hydroxylation is 1. The number of likely N-dealkylation sites (N-methyl/N-ethyl adjacent to an activating group) is 1. The number of fused-ring (bicyclic) bond motifs is 3. The second-order valence-corrected chi connectivity index (χ2v) is 6.57. The van der Waals surface area contributed by atoms with E-state index in [1.54, 1.807) is 19.1 Å². The zero-order valence-corrected chi connectivity index (χ0v) is 15.1. The standard InChI is InChI=1S/C18H22FN5O2/c1-11-12(7-8-15(25)20-9-10-23(2)3)18(26)24-17(21-11)16-13(19)5-4-6-14(16)22-24/h4-6,22H,7-10H2,1-3H3,(H,20,25). The van der Waals surface area contributed by atoms with Gasteiger partial charge in [0, 0.05) is 30.8 Å². The fourth-order valence-electron chi connectivity index (χ4n) is 2.93. The van der Waals surface area contributed by atoms with Gasteiger partial charge < -0.3 is 10.2 Å². The molecule has 0 aliphatic heterocycles. The smallest absolute Gasteiger partial charge is 0.276 e.